The first kappa shape index (κ1) is 11.3. The van der Waals surface area contributed by atoms with Crippen molar-refractivity contribution >= 4 is 38.9 Å². The highest BCUT2D eigenvalue weighted by Gasteiger charge is 2.14. The Morgan fingerprint density at radius 3 is 2.78 bits per heavy atom. The average Bonchev–Trinajstić information content (AvgIpc) is 2.93. The summed E-state index contributed by atoms with van der Waals surface area (Å²) >= 11 is 6.98. The van der Waals surface area contributed by atoms with E-state index in [1.165, 1.54) is 6.07 Å². The van der Waals surface area contributed by atoms with Crippen molar-refractivity contribution in [3.8, 4) is 10.6 Å². The Hall–Kier alpha value is -1.85. The fraction of sp³-hybridized carbons (Fsp3) is 0. The normalized spacial score (nSPS) is 10.9. The number of thiophene rings is 1. The van der Waals surface area contributed by atoms with Crippen molar-refractivity contribution in [2.45, 2.75) is 0 Å². The van der Waals surface area contributed by atoms with Crippen molar-refractivity contribution in [1.82, 2.24) is 0 Å². The predicted octanol–water partition coefficient (Wildman–Crippen LogP) is 4.72. The van der Waals surface area contributed by atoms with Gasteiger partial charge >= 0.3 is 5.00 Å². The number of nitro groups is 1. The molecule has 2 heterocycles. The van der Waals surface area contributed by atoms with Crippen LogP contribution >= 0.6 is 22.9 Å². The van der Waals surface area contributed by atoms with Crippen molar-refractivity contribution in [3.63, 3.8) is 0 Å². The Balaban J connectivity index is 2.10. The third kappa shape index (κ3) is 1.87. The van der Waals surface area contributed by atoms with Gasteiger partial charge in [0, 0.05) is 16.5 Å². The lowest BCUT2D eigenvalue weighted by molar-refractivity contribution is -0.380. The first-order chi connectivity index (χ1) is 8.63. The molecular formula is C12H6ClNO3S. The molecule has 0 aliphatic heterocycles. The van der Waals surface area contributed by atoms with Crippen LogP contribution < -0.4 is 0 Å². The second-order valence-electron chi connectivity index (χ2n) is 3.69. The lowest BCUT2D eigenvalue weighted by atomic mass is 10.2. The van der Waals surface area contributed by atoms with Crippen molar-refractivity contribution in [2.24, 2.45) is 0 Å². The predicted molar refractivity (Wildman–Crippen MR) is 71.2 cm³/mol. The molecule has 0 atom stereocenters. The number of furan rings is 1. The number of halogens is 1. The minimum absolute atomic E-state index is 0.100. The molecule has 0 aliphatic rings. The van der Waals surface area contributed by atoms with Gasteiger partial charge in [-0.1, -0.05) is 22.9 Å². The number of fused-ring (bicyclic) bond motifs is 1. The summed E-state index contributed by atoms with van der Waals surface area (Å²) in [6.45, 7) is 0. The highest BCUT2D eigenvalue weighted by atomic mass is 35.5. The highest BCUT2D eigenvalue weighted by molar-refractivity contribution is 7.18. The van der Waals surface area contributed by atoms with E-state index in [4.69, 9.17) is 16.0 Å². The largest absolute Gasteiger partial charge is 0.455 e. The summed E-state index contributed by atoms with van der Waals surface area (Å²) < 4.78 is 5.63. The van der Waals surface area contributed by atoms with E-state index in [0.29, 0.717) is 16.4 Å². The van der Waals surface area contributed by atoms with E-state index in [9.17, 15) is 10.1 Å². The van der Waals surface area contributed by atoms with Gasteiger partial charge in [-0.3, -0.25) is 10.1 Å². The molecule has 0 saturated heterocycles. The summed E-state index contributed by atoms with van der Waals surface area (Å²) in [5, 5.41) is 12.2. The summed E-state index contributed by atoms with van der Waals surface area (Å²) in [6, 6.07) is 10.3. The van der Waals surface area contributed by atoms with Gasteiger partial charge < -0.3 is 4.42 Å². The SMILES string of the molecule is O=[N+]([O-])c1ccc(-c2cc3cc(Cl)ccc3o2)s1. The Morgan fingerprint density at radius 1 is 1.22 bits per heavy atom. The molecule has 0 saturated carbocycles. The van der Waals surface area contributed by atoms with Crippen LogP contribution in [0.3, 0.4) is 0 Å². The van der Waals surface area contributed by atoms with E-state index in [-0.39, 0.29) is 5.00 Å². The van der Waals surface area contributed by atoms with Crippen molar-refractivity contribution in [2.75, 3.05) is 0 Å². The van der Waals surface area contributed by atoms with Crippen LogP contribution in [0.1, 0.15) is 0 Å². The van der Waals surface area contributed by atoms with E-state index in [1.54, 1.807) is 24.3 Å². The van der Waals surface area contributed by atoms with Crippen LogP contribution in [0.2, 0.25) is 5.02 Å². The molecule has 1 aromatic carbocycles. The molecule has 4 nitrogen and oxygen atoms in total. The number of nitrogens with zero attached hydrogens (tertiary/aromatic N) is 1. The molecule has 0 fully saturated rings. The first-order valence-electron chi connectivity index (χ1n) is 5.07. The van der Waals surface area contributed by atoms with Gasteiger partial charge in [0.05, 0.1) is 9.80 Å². The minimum Gasteiger partial charge on any atom is -0.455 e. The van der Waals surface area contributed by atoms with Gasteiger partial charge in [0.2, 0.25) is 0 Å². The van der Waals surface area contributed by atoms with Crippen LogP contribution in [0.15, 0.2) is 40.8 Å². The summed E-state index contributed by atoms with van der Waals surface area (Å²) in [4.78, 5) is 11.0. The monoisotopic (exact) mass is 279 g/mol. The second-order valence-corrected chi connectivity index (χ2v) is 5.19. The van der Waals surface area contributed by atoms with Crippen LogP contribution in [-0.4, -0.2) is 4.92 Å². The molecule has 0 aliphatic carbocycles. The molecule has 3 rings (SSSR count). The molecule has 0 amide bonds. The maximum absolute atomic E-state index is 10.6. The molecule has 0 unspecified atom stereocenters. The van der Waals surface area contributed by atoms with Crippen LogP contribution in [0.5, 0.6) is 0 Å². The summed E-state index contributed by atoms with van der Waals surface area (Å²) in [5.41, 5.74) is 0.713. The molecule has 6 heteroatoms. The number of hydrogen-bond donors (Lipinski definition) is 0. The van der Waals surface area contributed by atoms with E-state index < -0.39 is 4.92 Å². The molecule has 2 aromatic heterocycles. The van der Waals surface area contributed by atoms with Gasteiger partial charge in [0.15, 0.2) is 0 Å². The Morgan fingerprint density at radius 2 is 2.06 bits per heavy atom. The molecule has 0 radical (unpaired) electrons. The highest BCUT2D eigenvalue weighted by Crippen LogP contribution is 2.36. The van der Waals surface area contributed by atoms with Crippen molar-refractivity contribution in [3.05, 3.63) is 51.5 Å². The summed E-state index contributed by atoms with van der Waals surface area (Å²) in [6.07, 6.45) is 0. The van der Waals surface area contributed by atoms with Gasteiger partial charge in [0.1, 0.15) is 11.3 Å². The van der Waals surface area contributed by atoms with Crippen molar-refractivity contribution < 1.29 is 9.34 Å². The van der Waals surface area contributed by atoms with Gasteiger partial charge in [0.25, 0.3) is 0 Å². The molecule has 0 spiro atoms. The molecule has 90 valence electrons. The molecule has 0 N–H and O–H groups in total. The Labute approximate surface area is 111 Å². The third-order valence-electron chi connectivity index (χ3n) is 2.49. The Kier molecular flexibility index (Phi) is 2.57. The van der Waals surface area contributed by atoms with Gasteiger partial charge in [-0.15, -0.1) is 0 Å². The topological polar surface area (TPSA) is 56.3 Å². The first-order valence-corrected chi connectivity index (χ1v) is 6.26. The zero-order valence-corrected chi connectivity index (χ0v) is 10.5. The maximum atomic E-state index is 10.6. The fourth-order valence-corrected chi connectivity index (χ4v) is 2.65. The van der Waals surface area contributed by atoms with Crippen LogP contribution in [-0.2, 0) is 0 Å². The summed E-state index contributed by atoms with van der Waals surface area (Å²) in [5.74, 6) is 0.616. The van der Waals surface area contributed by atoms with Gasteiger partial charge in [-0.25, -0.2) is 0 Å². The van der Waals surface area contributed by atoms with Crippen LogP contribution in [0, 0.1) is 10.1 Å². The Bertz CT molecular complexity index is 747. The fourth-order valence-electron chi connectivity index (χ4n) is 1.69. The molecule has 3 aromatic rings. The molecular weight excluding hydrogens is 274 g/mol. The molecule has 18 heavy (non-hydrogen) atoms. The quantitative estimate of drug-likeness (QED) is 0.503. The van der Waals surface area contributed by atoms with Crippen LogP contribution in [0.25, 0.3) is 21.6 Å². The second kappa shape index (κ2) is 4.12. The van der Waals surface area contributed by atoms with E-state index >= 15 is 0 Å². The summed E-state index contributed by atoms with van der Waals surface area (Å²) in [7, 11) is 0. The minimum atomic E-state index is -0.409. The number of rotatable bonds is 2. The zero-order chi connectivity index (χ0) is 12.7. The maximum Gasteiger partial charge on any atom is 0.324 e. The van der Waals surface area contributed by atoms with Crippen molar-refractivity contribution in [1.29, 1.82) is 0 Å². The number of benzene rings is 1. The van der Waals surface area contributed by atoms with Crippen LogP contribution in [0.4, 0.5) is 5.00 Å². The zero-order valence-electron chi connectivity index (χ0n) is 8.92. The smallest absolute Gasteiger partial charge is 0.324 e. The molecule has 0 bridgehead atoms. The third-order valence-corrected chi connectivity index (χ3v) is 3.78. The number of hydrogen-bond acceptors (Lipinski definition) is 4. The lowest BCUT2D eigenvalue weighted by Gasteiger charge is -1.88. The van der Waals surface area contributed by atoms with Gasteiger partial charge in [-0.2, -0.15) is 0 Å². The van der Waals surface area contributed by atoms with Gasteiger partial charge in [-0.05, 0) is 30.3 Å². The van der Waals surface area contributed by atoms with E-state index in [0.717, 1.165) is 21.6 Å². The average molecular weight is 280 g/mol. The standard InChI is InChI=1S/C12H6ClNO3S/c13-8-1-2-9-7(5-8)6-10(17-9)11-3-4-12(18-11)14(15)16/h1-6H. The lowest BCUT2D eigenvalue weighted by Crippen LogP contribution is -1.80. The van der Waals surface area contributed by atoms with E-state index in [1.807, 2.05) is 6.07 Å². The van der Waals surface area contributed by atoms with E-state index in [2.05, 4.69) is 0 Å².